The van der Waals surface area contributed by atoms with Gasteiger partial charge < -0.3 is 0 Å². The molecular formula is C4H12N2O4S. The molecule has 0 rings (SSSR count). The Labute approximate surface area is 66.0 Å². The van der Waals surface area contributed by atoms with Gasteiger partial charge in [0.1, 0.15) is 0 Å². The van der Waals surface area contributed by atoms with Crippen molar-refractivity contribution in [2.24, 2.45) is 5.84 Å². The first-order valence-corrected chi connectivity index (χ1v) is 3.91. The fourth-order valence-electron chi connectivity index (χ4n) is 0.0833. The van der Waals surface area contributed by atoms with Crippen molar-refractivity contribution in [3.05, 3.63) is 12.7 Å². The topological polar surface area (TPSA) is 102 Å². The largest absolute Gasteiger partial charge is 0.397 e. The molecule has 4 N–H and O–H groups in total. The quantitative estimate of drug-likeness (QED) is 0.227. The van der Waals surface area contributed by atoms with Crippen molar-refractivity contribution in [3.8, 4) is 0 Å². The van der Waals surface area contributed by atoms with Gasteiger partial charge in [-0.25, -0.2) is 0 Å². The molecule has 0 aromatic heterocycles. The molecule has 0 aliphatic carbocycles. The van der Waals surface area contributed by atoms with E-state index in [2.05, 4.69) is 16.2 Å². The van der Waals surface area contributed by atoms with Crippen LogP contribution < -0.4 is 11.3 Å². The summed E-state index contributed by atoms with van der Waals surface area (Å²) in [4.78, 5) is 0. The number of hydrazine groups is 1. The first-order valence-electron chi connectivity index (χ1n) is 2.55. The predicted octanol–water partition coefficient (Wildman–Crippen LogP) is -0.929. The summed E-state index contributed by atoms with van der Waals surface area (Å²) in [5.74, 6) is 4.82. The number of hydrogen-bond acceptors (Lipinski definition) is 5. The Morgan fingerprint density at radius 2 is 2.18 bits per heavy atom. The molecule has 0 aromatic rings. The van der Waals surface area contributed by atoms with E-state index in [9.17, 15) is 8.42 Å². The molecule has 0 aromatic carbocycles. The number of hydrogen-bond donors (Lipinski definition) is 3. The summed E-state index contributed by atoms with van der Waals surface area (Å²) in [6.07, 6.45) is 1.69. The molecule has 0 aliphatic heterocycles. The summed E-state index contributed by atoms with van der Waals surface area (Å²) in [5, 5.41) is 0. The van der Waals surface area contributed by atoms with Gasteiger partial charge in [0.05, 0.1) is 7.11 Å². The lowest BCUT2D eigenvalue weighted by Gasteiger charge is -1.82. The molecular weight excluding hydrogens is 172 g/mol. The van der Waals surface area contributed by atoms with Gasteiger partial charge in [-0.2, -0.15) is 8.42 Å². The Bertz CT molecular complexity index is 177. The molecule has 0 aliphatic rings. The molecule has 0 saturated heterocycles. The maximum absolute atomic E-state index is 9.33. The van der Waals surface area contributed by atoms with Crippen LogP contribution in [0.4, 0.5) is 0 Å². The van der Waals surface area contributed by atoms with Crippen molar-refractivity contribution < 1.29 is 17.2 Å². The first-order chi connectivity index (χ1) is 4.97. The summed E-state index contributed by atoms with van der Waals surface area (Å²) in [6, 6.07) is 0. The Balaban J connectivity index is 0. The average molecular weight is 184 g/mol. The lowest BCUT2D eigenvalue weighted by molar-refractivity contribution is 0.324. The van der Waals surface area contributed by atoms with Crippen LogP contribution in [0.2, 0.25) is 0 Å². The van der Waals surface area contributed by atoms with Gasteiger partial charge in [0.2, 0.25) is 0 Å². The average Bonchev–Trinajstić information content (AvgIpc) is 1.90. The van der Waals surface area contributed by atoms with E-state index in [0.717, 1.165) is 7.11 Å². The zero-order valence-electron chi connectivity index (χ0n) is 6.15. The fraction of sp³-hybridized carbons (Fsp3) is 0.500. The minimum Gasteiger partial charge on any atom is -0.271 e. The van der Waals surface area contributed by atoms with Crippen LogP contribution in [0.3, 0.4) is 0 Å². The molecule has 7 heteroatoms. The van der Waals surface area contributed by atoms with Gasteiger partial charge >= 0.3 is 10.4 Å². The van der Waals surface area contributed by atoms with Crippen LogP contribution in [-0.2, 0) is 14.6 Å². The second-order valence-corrected chi connectivity index (χ2v) is 2.48. The minimum absolute atomic E-state index is 0.681. The van der Waals surface area contributed by atoms with Crippen molar-refractivity contribution in [2.75, 3.05) is 13.7 Å². The third-order valence-corrected chi connectivity index (χ3v) is 0.894. The molecule has 0 bridgehead atoms. The van der Waals surface area contributed by atoms with Gasteiger partial charge in [0.15, 0.2) is 0 Å². The Hall–Kier alpha value is -0.470. The van der Waals surface area contributed by atoms with Crippen LogP contribution in [0, 0.1) is 0 Å². The highest BCUT2D eigenvalue weighted by Gasteiger charge is 1.93. The lowest BCUT2D eigenvalue weighted by Crippen LogP contribution is -2.20. The van der Waals surface area contributed by atoms with Crippen LogP contribution >= 0.6 is 0 Å². The molecule has 0 saturated carbocycles. The summed E-state index contributed by atoms with van der Waals surface area (Å²) in [6.45, 7) is 4.09. The smallest absolute Gasteiger partial charge is 0.271 e. The summed E-state index contributed by atoms with van der Waals surface area (Å²) in [5.41, 5.74) is 2.40. The molecule has 0 radical (unpaired) electrons. The van der Waals surface area contributed by atoms with Crippen molar-refractivity contribution in [2.45, 2.75) is 0 Å². The third kappa shape index (κ3) is 26.3. The number of nitrogens with two attached hydrogens (primary N) is 1. The van der Waals surface area contributed by atoms with E-state index in [1.54, 1.807) is 6.08 Å². The second kappa shape index (κ2) is 7.63. The molecule has 68 valence electrons. The van der Waals surface area contributed by atoms with Gasteiger partial charge in [0, 0.05) is 6.54 Å². The van der Waals surface area contributed by atoms with Crippen LogP contribution in [0.25, 0.3) is 0 Å². The highest BCUT2D eigenvalue weighted by atomic mass is 32.3. The van der Waals surface area contributed by atoms with Crippen LogP contribution in [0.5, 0.6) is 0 Å². The molecule has 0 atom stereocenters. The molecule has 0 unspecified atom stereocenters. The molecule has 6 nitrogen and oxygen atoms in total. The fourth-order valence-corrected chi connectivity index (χ4v) is 0.0833. The minimum atomic E-state index is -4.16. The van der Waals surface area contributed by atoms with E-state index in [-0.39, 0.29) is 0 Å². The molecule has 0 heterocycles. The van der Waals surface area contributed by atoms with Gasteiger partial charge in [-0.3, -0.25) is 20.0 Å². The molecule has 0 spiro atoms. The zero-order chi connectivity index (χ0) is 9.33. The van der Waals surface area contributed by atoms with Crippen LogP contribution in [0.15, 0.2) is 12.7 Å². The monoisotopic (exact) mass is 184 g/mol. The van der Waals surface area contributed by atoms with E-state index in [1.165, 1.54) is 0 Å². The van der Waals surface area contributed by atoms with Crippen molar-refractivity contribution in [3.63, 3.8) is 0 Å². The Morgan fingerprint density at radius 1 is 1.82 bits per heavy atom. The van der Waals surface area contributed by atoms with Crippen LogP contribution in [0.1, 0.15) is 0 Å². The predicted molar refractivity (Wildman–Crippen MR) is 40.9 cm³/mol. The summed E-state index contributed by atoms with van der Waals surface area (Å²) < 4.78 is 29.7. The van der Waals surface area contributed by atoms with Gasteiger partial charge in [-0.05, 0) is 0 Å². The first kappa shape index (κ1) is 13.1. The normalized spacial score (nSPS) is 9.73. The van der Waals surface area contributed by atoms with E-state index in [1.807, 2.05) is 0 Å². The Kier molecular flexibility index (Phi) is 9.12. The third-order valence-electron chi connectivity index (χ3n) is 0.473. The highest BCUT2D eigenvalue weighted by Crippen LogP contribution is 1.74. The SMILES string of the molecule is C=CCNN.COS(=O)(=O)O. The Morgan fingerprint density at radius 3 is 2.18 bits per heavy atom. The standard InChI is InChI=1S/C3H8N2.CH4O4S/c1-2-3-5-4;1-5-6(2,3)4/h2,5H,1,3-4H2;1H3,(H,2,3,4). The molecule has 11 heavy (non-hydrogen) atoms. The maximum Gasteiger partial charge on any atom is 0.397 e. The molecule has 0 amide bonds. The van der Waals surface area contributed by atoms with Gasteiger partial charge in [-0.1, -0.05) is 6.08 Å². The van der Waals surface area contributed by atoms with Crippen molar-refractivity contribution in [1.82, 2.24) is 5.43 Å². The lowest BCUT2D eigenvalue weighted by atomic mass is 10.7. The number of nitrogens with one attached hydrogen (secondary N) is 1. The van der Waals surface area contributed by atoms with E-state index in [0.29, 0.717) is 6.54 Å². The van der Waals surface area contributed by atoms with Crippen molar-refractivity contribution >= 4 is 10.4 Å². The highest BCUT2D eigenvalue weighted by molar-refractivity contribution is 7.80. The molecule has 0 fully saturated rings. The van der Waals surface area contributed by atoms with E-state index >= 15 is 0 Å². The van der Waals surface area contributed by atoms with Crippen molar-refractivity contribution in [1.29, 1.82) is 0 Å². The summed E-state index contributed by atoms with van der Waals surface area (Å²) in [7, 11) is -3.29. The zero-order valence-corrected chi connectivity index (χ0v) is 6.97. The maximum atomic E-state index is 9.33. The summed E-state index contributed by atoms with van der Waals surface area (Å²) >= 11 is 0. The van der Waals surface area contributed by atoms with Gasteiger partial charge in [-0.15, -0.1) is 6.58 Å². The van der Waals surface area contributed by atoms with Crippen LogP contribution in [-0.4, -0.2) is 26.6 Å². The number of rotatable bonds is 3. The second-order valence-electron chi connectivity index (χ2n) is 1.29. The van der Waals surface area contributed by atoms with E-state index < -0.39 is 10.4 Å². The van der Waals surface area contributed by atoms with E-state index in [4.69, 9.17) is 10.4 Å². The van der Waals surface area contributed by atoms with Gasteiger partial charge in [0.25, 0.3) is 0 Å².